The van der Waals surface area contributed by atoms with Crippen LogP contribution < -0.4 is 5.73 Å². The van der Waals surface area contributed by atoms with Gasteiger partial charge in [0.15, 0.2) is 0 Å². The third-order valence-corrected chi connectivity index (χ3v) is 3.29. The summed E-state index contributed by atoms with van der Waals surface area (Å²) in [5, 5.41) is 0. The summed E-state index contributed by atoms with van der Waals surface area (Å²) in [6.45, 7) is 5.16. The molecule has 0 radical (unpaired) electrons. The van der Waals surface area contributed by atoms with Crippen molar-refractivity contribution in [1.29, 1.82) is 0 Å². The molecule has 0 aliphatic heterocycles. The van der Waals surface area contributed by atoms with Gasteiger partial charge in [-0.2, -0.15) is 0 Å². The van der Waals surface area contributed by atoms with Crippen LogP contribution in [0.15, 0.2) is 29.2 Å². The van der Waals surface area contributed by atoms with Gasteiger partial charge in [0.25, 0.3) is 0 Å². The molecule has 1 rings (SSSR count). The maximum absolute atomic E-state index is 5.67. The SMILES string of the molecule is CC(C)CCSc1ccccc1CN. The molecule has 0 aliphatic carbocycles. The largest absolute Gasteiger partial charge is 0.326 e. The van der Waals surface area contributed by atoms with Crippen LogP contribution in [0.25, 0.3) is 0 Å². The van der Waals surface area contributed by atoms with E-state index < -0.39 is 0 Å². The summed E-state index contributed by atoms with van der Waals surface area (Å²) in [5.74, 6) is 1.97. The Hall–Kier alpha value is -0.470. The van der Waals surface area contributed by atoms with E-state index >= 15 is 0 Å². The lowest BCUT2D eigenvalue weighted by Crippen LogP contribution is -1.98. The molecule has 0 aromatic heterocycles. The van der Waals surface area contributed by atoms with E-state index in [1.807, 2.05) is 11.8 Å². The number of rotatable bonds is 5. The van der Waals surface area contributed by atoms with Crippen molar-refractivity contribution in [3.8, 4) is 0 Å². The molecular formula is C12H19NS. The van der Waals surface area contributed by atoms with Crippen LogP contribution in [0.4, 0.5) is 0 Å². The van der Waals surface area contributed by atoms with E-state index in [4.69, 9.17) is 5.73 Å². The Morgan fingerprint density at radius 2 is 2.00 bits per heavy atom. The van der Waals surface area contributed by atoms with Crippen molar-refractivity contribution in [1.82, 2.24) is 0 Å². The summed E-state index contributed by atoms with van der Waals surface area (Å²) in [7, 11) is 0. The molecule has 0 aliphatic rings. The summed E-state index contributed by atoms with van der Waals surface area (Å²) >= 11 is 1.92. The molecule has 0 bridgehead atoms. The van der Waals surface area contributed by atoms with Crippen LogP contribution in [0, 0.1) is 5.92 Å². The van der Waals surface area contributed by atoms with Gasteiger partial charge in [0, 0.05) is 11.4 Å². The predicted molar refractivity (Wildman–Crippen MR) is 64.5 cm³/mol. The van der Waals surface area contributed by atoms with Gasteiger partial charge in [0.1, 0.15) is 0 Å². The van der Waals surface area contributed by atoms with Gasteiger partial charge < -0.3 is 5.73 Å². The number of hydrogen-bond donors (Lipinski definition) is 1. The highest BCUT2D eigenvalue weighted by Gasteiger charge is 2.01. The van der Waals surface area contributed by atoms with Gasteiger partial charge in [-0.1, -0.05) is 32.0 Å². The Labute approximate surface area is 91.1 Å². The Morgan fingerprint density at radius 3 is 2.64 bits per heavy atom. The quantitative estimate of drug-likeness (QED) is 0.753. The topological polar surface area (TPSA) is 26.0 Å². The number of nitrogens with two attached hydrogens (primary N) is 1. The average Bonchev–Trinajstić information content (AvgIpc) is 2.18. The molecule has 0 saturated heterocycles. The van der Waals surface area contributed by atoms with Gasteiger partial charge in [-0.05, 0) is 29.7 Å². The summed E-state index contributed by atoms with van der Waals surface area (Å²) in [4.78, 5) is 1.34. The molecule has 0 heterocycles. The van der Waals surface area contributed by atoms with Crippen LogP contribution in [0.3, 0.4) is 0 Å². The molecule has 0 unspecified atom stereocenters. The van der Waals surface area contributed by atoms with E-state index in [1.165, 1.54) is 22.6 Å². The van der Waals surface area contributed by atoms with Crippen molar-refractivity contribution in [3.05, 3.63) is 29.8 Å². The standard InChI is InChI=1S/C12H19NS/c1-10(2)7-8-14-12-6-4-3-5-11(12)9-13/h3-6,10H,7-9,13H2,1-2H3. The normalized spacial score (nSPS) is 10.9. The predicted octanol–water partition coefficient (Wildman–Crippen LogP) is 3.28. The highest BCUT2D eigenvalue weighted by Crippen LogP contribution is 2.23. The van der Waals surface area contributed by atoms with Crippen LogP contribution >= 0.6 is 11.8 Å². The first kappa shape index (κ1) is 11.6. The van der Waals surface area contributed by atoms with Gasteiger partial charge in [-0.25, -0.2) is 0 Å². The molecule has 1 nitrogen and oxygen atoms in total. The van der Waals surface area contributed by atoms with Crippen LogP contribution in [-0.2, 0) is 6.54 Å². The summed E-state index contributed by atoms with van der Waals surface area (Å²) in [6.07, 6.45) is 1.27. The summed E-state index contributed by atoms with van der Waals surface area (Å²) in [6, 6.07) is 8.40. The number of hydrogen-bond acceptors (Lipinski definition) is 2. The smallest absolute Gasteiger partial charge is 0.0189 e. The number of benzene rings is 1. The third kappa shape index (κ3) is 3.72. The Morgan fingerprint density at radius 1 is 1.29 bits per heavy atom. The molecule has 0 fully saturated rings. The van der Waals surface area contributed by atoms with Gasteiger partial charge in [-0.15, -0.1) is 11.8 Å². The van der Waals surface area contributed by atoms with Crippen molar-refractivity contribution in [2.75, 3.05) is 5.75 Å². The fourth-order valence-electron chi connectivity index (χ4n) is 1.22. The molecule has 0 saturated carbocycles. The minimum Gasteiger partial charge on any atom is -0.326 e. The zero-order chi connectivity index (χ0) is 10.4. The maximum atomic E-state index is 5.67. The maximum Gasteiger partial charge on any atom is 0.0189 e. The lowest BCUT2D eigenvalue weighted by atomic mass is 10.2. The van der Waals surface area contributed by atoms with Crippen LogP contribution in [-0.4, -0.2) is 5.75 Å². The Bertz CT molecular complexity index is 271. The molecular weight excluding hydrogens is 190 g/mol. The van der Waals surface area contributed by atoms with Crippen molar-refractivity contribution >= 4 is 11.8 Å². The first-order valence-electron chi connectivity index (χ1n) is 5.14. The van der Waals surface area contributed by atoms with Gasteiger partial charge in [-0.3, -0.25) is 0 Å². The fraction of sp³-hybridized carbons (Fsp3) is 0.500. The molecule has 0 spiro atoms. The minimum atomic E-state index is 0.644. The Balaban J connectivity index is 2.49. The molecule has 2 N–H and O–H groups in total. The van der Waals surface area contributed by atoms with E-state index in [0.29, 0.717) is 6.54 Å². The zero-order valence-corrected chi connectivity index (χ0v) is 9.81. The molecule has 1 aromatic carbocycles. The Kier molecular flexibility index (Phi) is 5.05. The molecule has 2 heteroatoms. The van der Waals surface area contributed by atoms with Gasteiger partial charge in [0.05, 0.1) is 0 Å². The molecule has 14 heavy (non-hydrogen) atoms. The second kappa shape index (κ2) is 6.10. The molecule has 1 aromatic rings. The van der Waals surface area contributed by atoms with Crippen molar-refractivity contribution in [3.63, 3.8) is 0 Å². The van der Waals surface area contributed by atoms with E-state index in [-0.39, 0.29) is 0 Å². The molecule has 0 amide bonds. The van der Waals surface area contributed by atoms with Gasteiger partial charge >= 0.3 is 0 Å². The second-order valence-electron chi connectivity index (χ2n) is 3.84. The lowest BCUT2D eigenvalue weighted by molar-refractivity contribution is 0.632. The van der Waals surface area contributed by atoms with E-state index in [0.717, 1.165) is 5.92 Å². The van der Waals surface area contributed by atoms with Crippen molar-refractivity contribution in [2.45, 2.75) is 31.7 Å². The minimum absolute atomic E-state index is 0.644. The van der Waals surface area contributed by atoms with E-state index in [1.54, 1.807) is 0 Å². The number of thioether (sulfide) groups is 1. The fourth-order valence-corrected chi connectivity index (χ4v) is 2.54. The second-order valence-corrected chi connectivity index (χ2v) is 4.98. The van der Waals surface area contributed by atoms with Crippen molar-refractivity contribution in [2.24, 2.45) is 11.7 Å². The van der Waals surface area contributed by atoms with Crippen molar-refractivity contribution < 1.29 is 0 Å². The summed E-state index contributed by atoms with van der Waals surface area (Å²) < 4.78 is 0. The van der Waals surface area contributed by atoms with Gasteiger partial charge in [0.2, 0.25) is 0 Å². The first-order chi connectivity index (χ1) is 6.74. The summed E-state index contributed by atoms with van der Waals surface area (Å²) in [5.41, 5.74) is 6.93. The first-order valence-corrected chi connectivity index (χ1v) is 6.13. The third-order valence-electron chi connectivity index (χ3n) is 2.15. The highest BCUT2D eigenvalue weighted by atomic mass is 32.2. The monoisotopic (exact) mass is 209 g/mol. The average molecular weight is 209 g/mol. The molecule has 0 atom stereocenters. The van der Waals surface area contributed by atoms with E-state index in [9.17, 15) is 0 Å². The molecule has 78 valence electrons. The van der Waals surface area contributed by atoms with Crippen LogP contribution in [0.2, 0.25) is 0 Å². The lowest BCUT2D eigenvalue weighted by Gasteiger charge is -2.08. The van der Waals surface area contributed by atoms with E-state index in [2.05, 4.69) is 38.1 Å². The highest BCUT2D eigenvalue weighted by molar-refractivity contribution is 7.99. The zero-order valence-electron chi connectivity index (χ0n) is 8.99. The van der Waals surface area contributed by atoms with Crippen LogP contribution in [0.1, 0.15) is 25.8 Å². The van der Waals surface area contributed by atoms with Crippen LogP contribution in [0.5, 0.6) is 0 Å².